The van der Waals surface area contributed by atoms with Crippen molar-refractivity contribution in [2.75, 3.05) is 20.8 Å². The summed E-state index contributed by atoms with van der Waals surface area (Å²) in [5.41, 5.74) is 1.41. The third-order valence-electron chi connectivity index (χ3n) is 4.67. The molecule has 2 aromatic rings. The summed E-state index contributed by atoms with van der Waals surface area (Å²) < 4.78 is 10.6. The molecule has 1 unspecified atom stereocenters. The van der Waals surface area contributed by atoms with Crippen LogP contribution in [-0.2, 0) is 4.79 Å². The van der Waals surface area contributed by atoms with Crippen LogP contribution in [0.25, 0.3) is 10.6 Å². The third kappa shape index (κ3) is 3.75. The molecule has 1 saturated heterocycles. The molecule has 0 aliphatic carbocycles. The summed E-state index contributed by atoms with van der Waals surface area (Å²) in [5, 5.41) is 10.1. The molecule has 1 fully saturated rings. The molecule has 1 aliphatic heterocycles. The number of amides is 1. The van der Waals surface area contributed by atoms with Gasteiger partial charge in [0.1, 0.15) is 15.9 Å². The largest absolute Gasteiger partial charge is 0.493 e. The predicted octanol–water partition coefficient (Wildman–Crippen LogP) is 3.22. The second kappa shape index (κ2) is 7.96. The zero-order chi connectivity index (χ0) is 19.6. The standard InChI is InChI=1S/C19H22N2O5S/c1-11-16(18(22)21-9-5-4-6-13(21)19(23)24)27-17(20-11)12-7-8-14(25-2)15(10-12)26-3/h7-8,10,13H,4-6,9H2,1-3H3,(H,23,24). The number of carbonyl (C=O) groups is 2. The number of nitrogens with zero attached hydrogens (tertiary/aromatic N) is 2. The number of hydrogen-bond donors (Lipinski definition) is 1. The Morgan fingerprint density at radius 1 is 1.22 bits per heavy atom. The topological polar surface area (TPSA) is 89.0 Å². The van der Waals surface area contributed by atoms with Gasteiger partial charge in [0.2, 0.25) is 0 Å². The third-order valence-corrected chi connectivity index (χ3v) is 5.86. The number of hydrogen-bond acceptors (Lipinski definition) is 6. The van der Waals surface area contributed by atoms with Crippen LogP contribution in [0, 0.1) is 6.92 Å². The summed E-state index contributed by atoms with van der Waals surface area (Å²) in [7, 11) is 3.13. The van der Waals surface area contributed by atoms with Crippen molar-refractivity contribution < 1.29 is 24.2 Å². The zero-order valence-electron chi connectivity index (χ0n) is 15.5. The van der Waals surface area contributed by atoms with E-state index in [1.165, 1.54) is 16.2 Å². The van der Waals surface area contributed by atoms with Gasteiger partial charge in [-0.15, -0.1) is 11.3 Å². The van der Waals surface area contributed by atoms with Crippen molar-refractivity contribution in [3.05, 3.63) is 28.8 Å². The summed E-state index contributed by atoms with van der Waals surface area (Å²) in [6.07, 6.45) is 2.12. The summed E-state index contributed by atoms with van der Waals surface area (Å²) in [5.74, 6) is -0.0182. The number of carbonyl (C=O) groups excluding carboxylic acids is 1. The molecule has 27 heavy (non-hydrogen) atoms. The number of aryl methyl sites for hydroxylation is 1. The van der Waals surface area contributed by atoms with Crippen molar-refractivity contribution in [3.63, 3.8) is 0 Å². The molecule has 1 aliphatic rings. The van der Waals surface area contributed by atoms with Gasteiger partial charge in [-0.2, -0.15) is 0 Å². The monoisotopic (exact) mass is 390 g/mol. The number of benzene rings is 1. The lowest BCUT2D eigenvalue weighted by atomic mass is 10.0. The molecule has 2 heterocycles. The van der Waals surface area contributed by atoms with Crippen molar-refractivity contribution in [1.82, 2.24) is 9.88 Å². The Balaban J connectivity index is 1.92. The lowest BCUT2D eigenvalue weighted by Gasteiger charge is -2.32. The number of aliphatic carboxylic acids is 1. The second-order valence-corrected chi connectivity index (χ2v) is 7.35. The Kier molecular flexibility index (Phi) is 5.65. The molecule has 7 nitrogen and oxygen atoms in total. The van der Waals surface area contributed by atoms with Crippen LogP contribution in [0.1, 0.15) is 34.6 Å². The van der Waals surface area contributed by atoms with E-state index in [4.69, 9.17) is 9.47 Å². The molecule has 1 aromatic carbocycles. The fourth-order valence-electron chi connectivity index (χ4n) is 3.25. The molecule has 1 aromatic heterocycles. The fourth-order valence-corrected chi connectivity index (χ4v) is 4.27. The van der Waals surface area contributed by atoms with E-state index in [0.717, 1.165) is 18.4 Å². The number of aromatic nitrogens is 1. The zero-order valence-corrected chi connectivity index (χ0v) is 16.3. The van der Waals surface area contributed by atoms with Gasteiger partial charge in [0.25, 0.3) is 5.91 Å². The molecule has 0 radical (unpaired) electrons. The van der Waals surface area contributed by atoms with E-state index in [1.807, 2.05) is 12.1 Å². The van der Waals surface area contributed by atoms with Gasteiger partial charge in [-0.3, -0.25) is 4.79 Å². The fraction of sp³-hybridized carbons (Fsp3) is 0.421. The second-order valence-electron chi connectivity index (χ2n) is 6.35. The number of carboxylic acid groups (broad SMARTS) is 1. The van der Waals surface area contributed by atoms with E-state index in [1.54, 1.807) is 27.2 Å². The lowest BCUT2D eigenvalue weighted by Crippen LogP contribution is -2.47. The highest BCUT2D eigenvalue weighted by molar-refractivity contribution is 7.17. The number of likely N-dealkylation sites (tertiary alicyclic amines) is 1. The molecule has 144 valence electrons. The maximum atomic E-state index is 13.0. The number of methoxy groups -OCH3 is 2. The Labute approximate surface area is 161 Å². The van der Waals surface area contributed by atoms with Crippen molar-refractivity contribution in [3.8, 4) is 22.1 Å². The minimum atomic E-state index is -0.953. The highest BCUT2D eigenvalue weighted by Gasteiger charge is 2.34. The van der Waals surface area contributed by atoms with Crippen molar-refractivity contribution in [2.24, 2.45) is 0 Å². The molecule has 1 N–H and O–H groups in total. The summed E-state index contributed by atoms with van der Waals surface area (Å²) in [6, 6.07) is 4.69. The van der Waals surface area contributed by atoms with Gasteiger partial charge in [-0.05, 0) is 44.4 Å². The van der Waals surface area contributed by atoms with Crippen molar-refractivity contribution in [2.45, 2.75) is 32.2 Å². The van der Waals surface area contributed by atoms with Gasteiger partial charge in [0.05, 0.1) is 19.9 Å². The maximum absolute atomic E-state index is 13.0. The molecule has 0 bridgehead atoms. The van der Waals surface area contributed by atoms with Crippen LogP contribution in [0.4, 0.5) is 0 Å². The van der Waals surface area contributed by atoms with Crippen LogP contribution in [0.15, 0.2) is 18.2 Å². The smallest absolute Gasteiger partial charge is 0.326 e. The van der Waals surface area contributed by atoms with Crippen LogP contribution < -0.4 is 9.47 Å². The molecule has 8 heteroatoms. The van der Waals surface area contributed by atoms with E-state index in [9.17, 15) is 14.7 Å². The number of piperidine rings is 1. The first kappa shape index (κ1) is 19.2. The Morgan fingerprint density at radius 3 is 2.63 bits per heavy atom. The summed E-state index contributed by atoms with van der Waals surface area (Å²) in [4.78, 5) is 31.0. The highest BCUT2D eigenvalue weighted by Crippen LogP contribution is 2.35. The molecule has 1 amide bonds. The van der Waals surface area contributed by atoms with Crippen molar-refractivity contribution in [1.29, 1.82) is 0 Å². The van der Waals surface area contributed by atoms with Gasteiger partial charge in [0, 0.05) is 12.1 Å². The van der Waals surface area contributed by atoms with E-state index in [-0.39, 0.29) is 5.91 Å². The molecule has 1 atom stereocenters. The maximum Gasteiger partial charge on any atom is 0.326 e. The number of rotatable bonds is 5. The minimum absolute atomic E-state index is 0.260. The Bertz CT molecular complexity index is 864. The summed E-state index contributed by atoms with van der Waals surface area (Å²) in [6.45, 7) is 2.23. The molecule has 0 saturated carbocycles. The summed E-state index contributed by atoms with van der Waals surface area (Å²) >= 11 is 1.27. The Morgan fingerprint density at radius 2 is 1.96 bits per heavy atom. The first-order valence-corrected chi connectivity index (χ1v) is 9.51. The van der Waals surface area contributed by atoms with E-state index < -0.39 is 12.0 Å². The van der Waals surface area contributed by atoms with E-state index in [2.05, 4.69) is 4.98 Å². The van der Waals surface area contributed by atoms with Gasteiger partial charge < -0.3 is 19.5 Å². The van der Waals surface area contributed by atoms with Crippen LogP contribution >= 0.6 is 11.3 Å². The van der Waals surface area contributed by atoms with E-state index in [0.29, 0.717) is 40.0 Å². The SMILES string of the molecule is COc1ccc(-c2nc(C)c(C(=O)N3CCCCC3C(=O)O)s2)cc1OC. The normalized spacial score (nSPS) is 16.9. The lowest BCUT2D eigenvalue weighted by molar-refractivity contribution is -0.143. The quantitative estimate of drug-likeness (QED) is 0.843. The number of carboxylic acids is 1. The molecule has 3 rings (SSSR count). The average Bonchev–Trinajstić information content (AvgIpc) is 3.08. The highest BCUT2D eigenvalue weighted by atomic mass is 32.1. The predicted molar refractivity (Wildman–Crippen MR) is 102 cm³/mol. The molecular formula is C19H22N2O5S. The minimum Gasteiger partial charge on any atom is -0.493 e. The number of thiazole rings is 1. The van der Waals surface area contributed by atoms with Crippen LogP contribution in [0.3, 0.4) is 0 Å². The average molecular weight is 390 g/mol. The Hall–Kier alpha value is -2.61. The van der Waals surface area contributed by atoms with Gasteiger partial charge in [-0.25, -0.2) is 9.78 Å². The van der Waals surface area contributed by atoms with Crippen molar-refractivity contribution >= 4 is 23.2 Å². The molecule has 0 spiro atoms. The van der Waals surface area contributed by atoms with Crippen LogP contribution in [0.2, 0.25) is 0 Å². The van der Waals surface area contributed by atoms with Crippen LogP contribution in [0.5, 0.6) is 11.5 Å². The first-order chi connectivity index (χ1) is 13.0. The van der Waals surface area contributed by atoms with Crippen LogP contribution in [-0.4, -0.2) is 53.7 Å². The van der Waals surface area contributed by atoms with E-state index >= 15 is 0 Å². The molecular weight excluding hydrogens is 368 g/mol. The van der Waals surface area contributed by atoms with Gasteiger partial charge in [-0.1, -0.05) is 0 Å². The first-order valence-electron chi connectivity index (χ1n) is 8.70. The van der Waals surface area contributed by atoms with Gasteiger partial charge in [0.15, 0.2) is 11.5 Å². The number of ether oxygens (including phenoxy) is 2. The van der Waals surface area contributed by atoms with Gasteiger partial charge >= 0.3 is 5.97 Å².